The fourth-order valence-corrected chi connectivity index (χ4v) is 12.5. The van der Waals surface area contributed by atoms with E-state index < -0.39 is 0 Å². The number of fused-ring (bicyclic) bond motifs is 8. The van der Waals surface area contributed by atoms with Crippen LogP contribution in [0.2, 0.25) is 0 Å². The summed E-state index contributed by atoms with van der Waals surface area (Å²) in [5.74, 6) is 0.870. The highest BCUT2D eigenvalue weighted by Crippen LogP contribution is 2.63. The second kappa shape index (κ2) is 14.5. The van der Waals surface area contributed by atoms with E-state index in [4.69, 9.17) is 0 Å². The van der Waals surface area contributed by atoms with Crippen molar-refractivity contribution in [2.75, 3.05) is 0 Å². The molecule has 13 rings (SSSR count). The molecule has 2 nitrogen and oxygen atoms in total. The molecular weight excluding hydrogens is 761 g/mol. The Kier molecular flexibility index (Phi) is 8.38. The first-order valence-electron chi connectivity index (χ1n) is 23.0. The molecule has 5 atom stereocenters. The van der Waals surface area contributed by atoms with Crippen LogP contribution >= 0.6 is 0 Å². The van der Waals surface area contributed by atoms with E-state index in [1.165, 1.54) is 82.7 Å². The van der Waals surface area contributed by atoms with Gasteiger partial charge in [0.05, 0.1) is 17.1 Å². The predicted molar refractivity (Wildman–Crippen MR) is 266 cm³/mol. The lowest BCUT2D eigenvalue weighted by Crippen LogP contribution is -2.45. The lowest BCUT2D eigenvalue weighted by atomic mass is 9.56. The van der Waals surface area contributed by atoms with Gasteiger partial charge in [0, 0.05) is 61.4 Å². The number of benzene rings is 6. The molecule has 2 aromatic heterocycles. The van der Waals surface area contributed by atoms with Crippen LogP contribution in [0.5, 0.6) is 0 Å². The topological polar surface area (TPSA) is 9.86 Å². The maximum Gasteiger partial charge on any atom is 0.0600 e. The van der Waals surface area contributed by atoms with Crippen molar-refractivity contribution in [1.29, 1.82) is 0 Å². The van der Waals surface area contributed by atoms with Crippen molar-refractivity contribution in [3.05, 3.63) is 235 Å². The van der Waals surface area contributed by atoms with Crippen LogP contribution in [-0.2, 0) is 5.41 Å². The van der Waals surface area contributed by atoms with Crippen molar-refractivity contribution >= 4 is 49.3 Å². The predicted octanol–water partition coefficient (Wildman–Crippen LogP) is 15.7. The summed E-state index contributed by atoms with van der Waals surface area (Å²) in [6, 6.07) is 52.9. The Balaban J connectivity index is 1.03. The van der Waals surface area contributed by atoms with E-state index in [9.17, 15) is 0 Å². The summed E-state index contributed by atoms with van der Waals surface area (Å²) in [7, 11) is 0. The SMILES string of the molecule is C1=CCCC(n2c3ccccc3c3cc(-c4ccc5c(c4)c4cc(-c6ccccc6)ccc4n5C4C=CC=CC4C4(c5ccccc5)C5=C(CCC=C5)C5C=CC=CC54)ccc32)=C1. The summed E-state index contributed by atoms with van der Waals surface area (Å²) in [6.45, 7) is 0. The van der Waals surface area contributed by atoms with Crippen LogP contribution in [-0.4, -0.2) is 9.13 Å². The molecule has 2 heteroatoms. The first-order chi connectivity index (χ1) is 31.3. The van der Waals surface area contributed by atoms with Gasteiger partial charge in [-0.25, -0.2) is 0 Å². The number of para-hydroxylation sites is 1. The van der Waals surface area contributed by atoms with E-state index in [-0.39, 0.29) is 17.4 Å². The first-order valence-corrected chi connectivity index (χ1v) is 23.0. The summed E-state index contributed by atoms with van der Waals surface area (Å²) in [5, 5.41) is 5.18. The van der Waals surface area contributed by atoms with Gasteiger partial charge in [0.25, 0.3) is 0 Å². The van der Waals surface area contributed by atoms with Crippen LogP contribution < -0.4 is 0 Å². The van der Waals surface area contributed by atoms with Gasteiger partial charge in [-0.3, -0.25) is 0 Å². The number of allylic oxidation sites excluding steroid dienone is 16. The van der Waals surface area contributed by atoms with Gasteiger partial charge in [0.1, 0.15) is 0 Å². The maximum absolute atomic E-state index is 2.70. The van der Waals surface area contributed by atoms with E-state index in [0.29, 0.717) is 11.8 Å². The quantitative estimate of drug-likeness (QED) is 0.158. The smallest absolute Gasteiger partial charge is 0.0600 e. The molecule has 5 aliphatic carbocycles. The fourth-order valence-electron chi connectivity index (χ4n) is 12.5. The van der Waals surface area contributed by atoms with Crippen LogP contribution in [0.25, 0.3) is 71.6 Å². The lowest BCUT2D eigenvalue weighted by Gasteiger charge is -2.48. The van der Waals surface area contributed by atoms with Gasteiger partial charge in [0.2, 0.25) is 0 Å². The van der Waals surface area contributed by atoms with Crippen molar-refractivity contribution in [2.45, 2.75) is 37.1 Å². The van der Waals surface area contributed by atoms with Gasteiger partial charge >= 0.3 is 0 Å². The van der Waals surface area contributed by atoms with Crippen LogP contribution in [0.4, 0.5) is 0 Å². The maximum atomic E-state index is 2.70. The van der Waals surface area contributed by atoms with Gasteiger partial charge in [0.15, 0.2) is 0 Å². The van der Waals surface area contributed by atoms with Crippen molar-refractivity contribution in [2.24, 2.45) is 17.8 Å². The van der Waals surface area contributed by atoms with Gasteiger partial charge in [-0.2, -0.15) is 0 Å². The Morgan fingerprint density at radius 3 is 1.81 bits per heavy atom. The fraction of sp³-hybridized carbons (Fsp3) is 0.148. The van der Waals surface area contributed by atoms with Crippen molar-refractivity contribution in [3.63, 3.8) is 0 Å². The highest BCUT2D eigenvalue weighted by atomic mass is 15.0. The minimum absolute atomic E-state index is 0.0668. The Hall–Kier alpha value is -7.16. The first kappa shape index (κ1) is 36.5. The zero-order valence-corrected chi connectivity index (χ0v) is 35.3. The van der Waals surface area contributed by atoms with Crippen LogP contribution in [0.15, 0.2) is 230 Å². The zero-order valence-electron chi connectivity index (χ0n) is 35.3. The molecule has 8 aromatic rings. The van der Waals surface area contributed by atoms with E-state index in [0.717, 1.165) is 25.7 Å². The van der Waals surface area contributed by atoms with E-state index >= 15 is 0 Å². The van der Waals surface area contributed by atoms with Crippen LogP contribution in [0.1, 0.15) is 37.3 Å². The molecule has 0 amide bonds. The summed E-state index contributed by atoms with van der Waals surface area (Å²) in [5.41, 5.74) is 15.7. The highest BCUT2D eigenvalue weighted by molar-refractivity contribution is 6.13. The van der Waals surface area contributed by atoms with Crippen molar-refractivity contribution in [3.8, 4) is 22.3 Å². The summed E-state index contributed by atoms with van der Waals surface area (Å²) < 4.78 is 5.18. The molecule has 5 unspecified atom stereocenters. The third kappa shape index (κ3) is 5.44. The molecule has 2 heterocycles. The largest absolute Gasteiger partial charge is 0.333 e. The van der Waals surface area contributed by atoms with Crippen molar-refractivity contribution < 1.29 is 0 Å². The Morgan fingerprint density at radius 2 is 1.06 bits per heavy atom. The average Bonchev–Trinajstić information content (AvgIpc) is 3.98. The van der Waals surface area contributed by atoms with Gasteiger partial charge in [-0.05, 0) is 108 Å². The van der Waals surface area contributed by atoms with Crippen LogP contribution in [0.3, 0.4) is 0 Å². The molecule has 63 heavy (non-hydrogen) atoms. The number of nitrogens with zero attached hydrogens (tertiary/aromatic N) is 2. The van der Waals surface area contributed by atoms with Gasteiger partial charge < -0.3 is 9.13 Å². The zero-order chi connectivity index (χ0) is 41.5. The molecule has 6 aromatic carbocycles. The van der Waals surface area contributed by atoms with E-state index in [1.807, 2.05) is 0 Å². The normalized spacial score (nSPS) is 23.7. The molecule has 0 saturated heterocycles. The molecule has 0 saturated carbocycles. The Morgan fingerprint density at radius 1 is 0.460 bits per heavy atom. The summed E-state index contributed by atoms with van der Waals surface area (Å²) >= 11 is 0. The number of hydrogen-bond donors (Lipinski definition) is 0. The number of rotatable bonds is 6. The molecule has 5 aliphatic rings. The number of aromatic nitrogens is 2. The summed E-state index contributed by atoms with van der Waals surface area (Å²) in [4.78, 5) is 0. The van der Waals surface area contributed by atoms with Crippen molar-refractivity contribution in [1.82, 2.24) is 9.13 Å². The molecule has 0 fully saturated rings. The summed E-state index contributed by atoms with van der Waals surface area (Å²) in [6.07, 6.45) is 35.4. The Labute approximate surface area is 369 Å². The van der Waals surface area contributed by atoms with Gasteiger partial charge in [-0.15, -0.1) is 0 Å². The second-order valence-corrected chi connectivity index (χ2v) is 18.1. The molecule has 0 N–H and O–H groups in total. The molecule has 0 aliphatic heterocycles. The average molecular weight is 809 g/mol. The molecule has 302 valence electrons. The van der Waals surface area contributed by atoms with E-state index in [2.05, 4.69) is 228 Å². The molecule has 0 spiro atoms. The number of hydrogen-bond acceptors (Lipinski definition) is 0. The lowest BCUT2D eigenvalue weighted by molar-refractivity contribution is 0.242. The minimum Gasteiger partial charge on any atom is -0.333 e. The molecule has 0 bridgehead atoms. The van der Waals surface area contributed by atoms with E-state index in [1.54, 1.807) is 5.57 Å². The second-order valence-electron chi connectivity index (χ2n) is 18.1. The standard InChI is InChI=1S/C61H48N2/c1-4-18-41(19-5-1)42-32-36-58-51(38-42)52-40-44(43-33-35-57-50(39-43)49-26-12-16-30-56(49)62(57)46-22-8-3-9-23-46)34-37-59(52)63(58)60-31-17-15-29-55(60)61(45-20-6-2-7-21-45)53-27-13-10-24-47(53)48-25-11-14-28-54(48)61/h1-8,10,12-22,24,26-40,47,53,55,60H,9,11,23,25H2. The Bertz CT molecular complexity index is 3410. The molecule has 0 radical (unpaired) electrons. The highest BCUT2D eigenvalue weighted by Gasteiger charge is 2.58. The molecular formula is C61H48N2. The third-order valence-electron chi connectivity index (χ3n) is 15.1. The third-order valence-corrected chi connectivity index (χ3v) is 15.1. The monoisotopic (exact) mass is 808 g/mol. The van der Waals surface area contributed by atoms with Gasteiger partial charge in [-0.1, -0.05) is 176 Å². The van der Waals surface area contributed by atoms with Crippen LogP contribution in [0, 0.1) is 17.8 Å². The minimum atomic E-state index is -0.253.